The number of thiophene rings is 1. The number of unbranched alkanes of at least 4 members (excludes halogenated alkanes) is 1. The second kappa shape index (κ2) is 8.62. The van der Waals surface area contributed by atoms with Gasteiger partial charge in [0.15, 0.2) is 5.82 Å². The zero-order valence-electron chi connectivity index (χ0n) is 17.6. The van der Waals surface area contributed by atoms with Gasteiger partial charge < -0.3 is 9.47 Å². The van der Waals surface area contributed by atoms with Crippen LogP contribution in [0.15, 0.2) is 29.3 Å². The first-order valence-corrected chi connectivity index (χ1v) is 12.1. The predicted molar refractivity (Wildman–Crippen MR) is 122 cm³/mol. The summed E-state index contributed by atoms with van der Waals surface area (Å²) in [6.07, 6.45) is 3.12. The molecule has 3 heterocycles. The summed E-state index contributed by atoms with van der Waals surface area (Å²) in [6.45, 7) is 10.1. The number of aromatic nitrogens is 2. The SMILES string of the molecule is CCCCOc1ccc(-c2nc(SCC)c3c4c(sc3n2)COC(C)(C)C4)cc1. The lowest BCUT2D eigenvalue weighted by atomic mass is 9.94. The Bertz CT molecular complexity index is 996. The minimum absolute atomic E-state index is 0.137. The fourth-order valence-electron chi connectivity index (χ4n) is 3.52. The van der Waals surface area contributed by atoms with Crippen LogP contribution in [0.25, 0.3) is 21.6 Å². The van der Waals surface area contributed by atoms with Crippen molar-refractivity contribution in [1.82, 2.24) is 9.97 Å². The first kappa shape index (κ1) is 20.6. The number of hydrogen-bond acceptors (Lipinski definition) is 6. The van der Waals surface area contributed by atoms with Crippen molar-refractivity contribution < 1.29 is 9.47 Å². The van der Waals surface area contributed by atoms with Crippen LogP contribution >= 0.6 is 23.1 Å². The summed E-state index contributed by atoms with van der Waals surface area (Å²) in [5, 5.41) is 2.32. The molecular weight excluding hydrogens is 400 g/mol. The highest BCUT2D eigenvalue weighted by Gasteiger charge is 2.31. The first-order chi connectivity index (χ1) is 14.0. The van der Waals surface area contributed by atoms with E-state index in [2.05, 4.69) is 39.8 Å². The number of hydrogen-bond donors (Lipinski definition) is 0. The molecule has 0 unspecified atom stereocenters. The van der Waals surface area contributed by atoms with Crippen molar-refractivity contribution >= 4 is 33.3 Å². The van der Waals surface area contributed by atoms with E-state index in [1.807, 2.05) is 12.1 Å². The van der Waals surface area contributed by atoms with E-state index in [1.54, 1.807) is 23.1 Å². The molecule has 29 heavy (non-hydrogen) atoms. The van der Waals surface area contributed by atoms with Gasteiger partial charge in [0.05, 0.1) is 18.8 Å². The van der Waals surface area contributed by atoms with Crippen LogP contribution in [0.5, 0.6) is 5.75 Å². The smallest absolute Gasteiger partial charge is 0.162 e. The molecule has 1 aliphatic rings. The number of fused-ring (bicyclic) bond motifs is 3. The topological polar surface area (TPSA) is 44.2 Å². The van der Waals surface area contributed by atoms with Gasteiger partial charge in [-0.25, -0.2) is 9.97 Å². The van der Waals surface area contributed by atoms with Gasteiger partial charge in [0.2, 0.25) is 0 Å². The summed E-state index contributed by atoms with van der Waals surface area (Å²) in [5.41, 5.74) is 2.26. The van der Waals surface area contributed by atoms with Crippen LogP contribution in [-0.4, -0.2) is 27.9 Å². The molecule has 0 aliphatic carbocycles. The van der Waals surface area contributed by atoms with Crippen LogP contribution in [0, 0.1) is 0 Å². The standard InChI is InChI=1S/C23H28N2O2S2/c1-5-7-12-26-16-10-8-15(9-11-16)20-24-21(28-6-2)19-17-13-23(3,4)27-14-18(17)29-22(19)25-20/h8-11H,5-7,12-14H2,1-4H3. The minimum atomic E-state index is -0.137. The Morgan fingerprint density at radius 3 is 2.69 bits per heavy atom. The maximum atomic E-state index is 6.03. The second-order valence-electron chi connectivity index (χ2n) is 7.92. The van der Waals surface area contributed by atoms with E-state index < -0.39 is 0 Å². The lowest BCUT2D eigenvalue weighted by Crippen LogP contribution is -2.31. The van der Waals surface area contributed by atoms with Gasteiger partial charge in [-0.3, -0.25) is 0 Å². The molecule has 154 valence electrons. The molecule has 1 aromatic carbocycles. The monoisotopic (exact) mass is 428 g/mol. The molecule has 0 radical (unpaired) electrons. The Kier molecular flexibility index (Phi) is 6.13. The molecule has 3 aromatic rings. The predicted octanol–water partition coefficient (Wildman–Crippen LogP) is 6.50. The summed E-state index contributed by atoms with van der Waals surface area (Å²) in [6, 6.07) is 8.15. The molecule has 4 nitrogen and oxygen atoms in total. The number of ether oxygens (including phenoxy) is 2. The summed E-state index contributed by atoms with van der Waals surface area (Å²) in [7, 11) is 0. The van der Waals surface area contributed by atoms with Gasteiger partial charge in [-0.05, 0) is 55.9 Å². The summed E-state index contributed by atoms with van der Waals surface area (Å²) < 4.78 is 11.8. The normalized spacial score (nSPS) is 15.4. The van der Waals surface area contributed by atoms with Gasteiger partial charge in [-0.2, -0.15) is 0 Å². The number of thioether (sulfide) groups is 1. The van der Waals surface area contributed by atoms with E-state index in [1.165, 1.54) is 15.8 Å². The first-order valence-electron chi connectivity index (χ1n) is 10.3. The maximum Gasteiger partial charge on any atom is 0.162 e. The van der Waals surface area contributed by atoms with E-state index in [4.69, 9.17) is 19.4 Å². The third-order valence-corrected chi connectivity index (χ3v) is 7.01. The number of nitrogens with zero attached hydrogens (tertiary/aromatic N) is 2. The van der Waals surface area contributed by atoms with Crippen LogP contribution in [0.2, 0.25) is 0 Å². The van der Waals surface area contributed by atoms with E-state index in [9.17, 15) is 0 Å². The van der Waals surface area contributed by atoms with Crippen LogP contribution in [0.3, 0.4) is 0 Å². The van der Waals surface area contributed by atoms with Crippen molar-refractivity contribution in [1.29, 1.82) is 0 Å². The lowest BCUT2D eigenvalue weighted by Gasteiger charge is -2.30. The number of rotatable bonds is 7. The Balaban J connectivity index is 1.71. The van der Waals surface area contributed by atoms with Crippen LogP contribution in [0.4, 0.5) is 0 Å². The molecule has 0 N–H and O–H groups in total. The fourth-order valence-corrected chi connectivity index (χ4v) is 5.47. The third-order valence-electron chi connectivity index (χ3n) is 5.06. The van der Waals surface area contributed by atoms with Gasteiger partial charge in [-0.15, -0.1) is 23.1 Å². The molecular formula is C23H28N2O2S2. The molecule has 0 saturated heterocycles. The van der Waals surface area contributed by atoms with Crippen LogP contribution < -0.4 is 4.74 Å². The third kappa shape index (κ3) is 4.44. The van der Waals surface area contributed by atoms with Crippen molar-refractivity contribution in [3.63, 3.8) is 0 Å². The molecule has 4 rings (SSSR count). The molecule has 0 fully saturated rings. The van der Waals surface area contributed by atoms with E-state index in [0.717, 1.165) is 58.6 Å². The van der Waals surface area contributed by atoms with E-state index in [-0.39, 0.29) is 5.60 Å². The van der Waals surface area contributed by atoms with Crippen LogP contribution in [-0.2, 0) is 17.8 Å². The molecule has 0 saturated carbocycles. The summed E-state index contributed by atoms with van der Waals surface area (Å²) >= 11 is 3.55. The van der Waals surface area contributed by atoms with Gasteiger partial charge >= 0.3 is 0 Å². The zero-order valence-corrected chi connectivity index (χ0v) is 19.2. The molecule has 2 aromatic heterocycles. The van der Waals surface area contributed by atoms with Gasteiger partial charge in [0, 0.05) is 22.2 Å². The van der Waals surface area contributed by atoms with Crippen molar-refractivity contribution in [2.45, 2.75) is 64.2 Å². The molecule has 0 atom stereocenters. The summed E-state index contributed by atoms with van der Waals surface area (Å²) in [5.74, 6) is 2.67. The average molecular weight is 429 g/mol. The lowest BCUT2D eigenvalue weighted by molar-refractivity contribution is -0.0379. The van der Waals surface area contributed by atoms with Crippen molar-refractivity contribution in [2.75, 3.05) is 12.4 Å². The average Bonchev–Trinajstić information content (AvgIpc) is 3.06. The van der Waals surface area contributed by atoms with Gasteiger partial charge in [0.25, 0.3) is 0 Å². The maximum absolute atomic E-state index is 6.03. The van der Waals surface area contributed by atoms with Crippen molar-refractivity contribution in [2.24, 2.45) is 0 Å². The molecule has 6 heteroatoms. The zero-order chi connectivity index (χ0) is 20.4. The van der Waals surface area contributed by atoms with Crippen LogP contribution in [0.1, 0.15) is 51.0 Å². The molecule has 0 spiro atoms. The fraction of sp³-hybridized carbons (Fsp3) is 0.478. The highest BCUT2D eigenvalue weighted by molar-refractivity contribution is 7.99. The molecule has 0 bridgehead atoms. The van der Waals surface area contributed by atoms with E-state index >= 15 is 0 Å². The minimum Gasteiger partial charge on any atom is -0.494 e. The Morgan fingerprint density at radius 2 is 1.97 bits per heavy atom. The van der Waals surface area contributed by atoms with Gasteiger partial charge in [0.1, 0.15) is 15.6 Å². The second-order valence-corrected chi connectivity index (χ2v) is 10.3. The van der Waals surface area contributed by atoms with Crippen molar-refractivity contribution in [3.8, 4) is 17.1 Å². The van der Waals surface area contributed by atoms with Crippen molar-refractivity contribution in [3.05, 3.63) is 34.7 Å². The highest BCUT2D eigenvalue weighted by atomic mass is 32.2. The Labute approximate surface area is 181 Å². The quantitative estimate of drug-likeness (QED) is 0.244. The Morgan fingerprint density at radius 1 is 1.17 bits per heavy atom. The van der Waals surface area contributed by atoms with E-state index in [0.29, 0.717) is 6.61 Å². The summed E-state index contributed by atoms with van der Waals surface area (Å²) in [4.78, 5) is 12.3. The molecule has 1 aliphatic heterocycles. The van der Waals surface area contributed by atoms with Gasteiger partial charge in [-0.1, -0.05) is 20.3 Å². The number of benzene rings is 1. The highest BCUT2D eigenvalue weighted by Crippen LogP contribution is 2.42. The Hall–Kier alpha value is -1.63. The largest absolute Gasteiger partial charge is 0.494 e. The molecule has 0 amide bonds.